The van der Waals surface area contributed by atoms with Crippen LogP contribution >= 0.6 is 24.0 Å². The van der Waals surface area contributed by atoms with Crippen molar-refractivity contribution in [3.05, 3.63) is 35.4 Å². The summed E-state index contributed by atoms with van der Waals surface area (Å²) in [5.41, 5.74) is 8.63. The van der Waals surface area contributed by atoms with Gasteiger partial charge >= 0.3 is 0 Å². The summed E-state index contributed by atoms with van der Waals surface area (Å²) in [5.74, 6) is 0.587. The number of nitrogens with one attached hydrogen (secondary N) is 1. The molecule has 1 aromatic carbocycles. The van der Waals surface area contributed by atoms with Crippen LogP contribution in [0.15, 0.2) is 29.3 Å². The normalized spacial score (nSPS) is 20.2. The van der Waals surface area contributed by atoms with E-state index in [0.29, 0.717) is 18.5 Å². The maximum atomic E-state index is 6.08. The van der Waals surface area contributed by atoms with Gasteiger partial charge in [0.05, 0.1) is 19.8 Å². The maximum Gasteiger partial charge on any atom is 0.189 e. The van der Waals surface area contributed by atoms with Crippen LogP contribution in [0, 0.1) is 0 Å². The zero-order valence-corrected chi connectivity index (χ0v) is 18.0. The number of guanidine groups is 1. The maximum absolute atomic E-state index is 6.08. The first kappa shape index (κ1) is 21.4. The third-order valence-electron chi connectivity index (χ3n) is 5.17. The lowest BCUT2D eigenvalue weighted by molar-refractivity contribution is 0.0342. The fourth-order valence-electron chi connectivity index (χ4n) is 3.62. The zero-order chi connectivity index (χ0) is 17.3. The molecule has 0 aromatic heterocycles. The molecule has 0 atom stereocenters. The molecule has 0 spiro atoms. The number of morpholine rings is 1. The third-order valence-corrected chi connectivity index (χ3v) is 5.17. The van der Waals surface area contributed by atoms with Crippen LogP contribution in [0.1, 0.15) is 49.7 Å². The summed E-state index contributed by atoms with van der Waals surface area (Å²) in [6, 6.07) is 9.24. The van der Waals surface area contributed by atoms with Crippen LogP contribution in [0.4, 0.5) is 0 Å². The van der Waals surface area contributed by atoms with Gasteiger partial charge in [-0.25, -0.2) is 4.99 Å². The highest BCUT2D eigenvalue weighted by Crippen LogP contribution is 2.17. The van der Waals surface area contributed by atoms with Gasteiger partial charge in [-0.1, -0.05) is 49.9 Å². The molecule has 3 rings (SSSR count). The monoisotopic (exact) mass is 472 g/mol. The van der Waals surface area contributed by atoms with Gasteiger partial charge in [0.1, 0.15) is 0 Å². The first-order chi connectivity index (χ1) is 12.3. The van der Waals surface area contributed by atoms with Gasteiger partial charge < -0.3 is 15.8 Å². The molecule has 26 heavy (non-hydrogen) atoms. The van der Waals surface area contributed by atoms with Crippen molar-refractivity contribution in [3.8, 4) is 0 Å². The van der Waals surface area contributed by atoms with Crippen LogP contribution in [0.5, 0.6) is 0 Å². The minimum Gasteiger partial charge on any atom is -0.379 e. The summed E-state index contributed by atoms with van der Waals surface area (Å²) in [6.07, 6.45) is 7.74. The fourth-order valence-corrected chi connectivity index (χ4v) is 3.62. The molecule has 3 N–H and O–H groups in total. The molecule has 0 amide bonds. The van der Waals surface area contributed by atoms with Gasteiger partial charge in [-0.15, -0.1) is 24.0 Å². The molecule has 0 unspecified atom stereocenters. The highest BCUT2D eigenvalue weighted by Gasteiger charge is 2.12. The van der Waals surface area contributed by atoms with Crippen LogP contribution in [-0.4, -0.2) is 43.2 Å². The Balaban J connectivity index is 0.00000243. The lowest BCUT2D eigenvalue weighted by atomic mass is 10.1. The average Bonchev–Trinajstić information content (AvgIpc) is 2.91. The van der Waals surface area contributed by atoms with Gasteiger partial charge in [-0.3, -0.25) is 4.90 Å². The van der Waals surface area contributed by atoms with E-state index in [0.717, 1.165) is 32.8 Å². The molecular formula is C20H33IN4O. The standard InChI is InChI=1S/C20H32N4O.HI/c21-20(23-19-5-3-1-2-4-6-19)22-15-17-7-9-18(10-8-17)16-24-11-13-25-14-12-24;/h7-10,19H,1-6,11-16H2,(H3,21,22,23);1H. The van der Waals surface area contributed by atoms with Crippen molar-refractivity contribution < 1.29 is 4.74 Å². The minimum atomic E-state index is 0. The number of halogens is 1. The number of hydrogen-bond acceptors (Lipinski definition) is 3. The van der Waals surface area contributed by atoms with Gasteiger partial charge in [0.25, 0.3) is 0 Å². The van der Waals surface area contributed by atoms with Gasteiger partial charge in [-0.2, -0.15) is 0 Å². The first-order valence-electron chi connectivity index (χ1n) is 9.74. The lowest BCUT2D eigenvalue weighted by Gasteiger charge is -2.26. The van der Waals surface area contributed by atoms with E-state index in [1.54, 1.807) is 0 Å². The van der Waals surface area contributed by atoms with Crippen LogP contribution < -0.4 is 11.1 Å². The number of rotatable bonds is 5. The van der Waals surface area contributed by atoms with Crippen molar-refractivity contribution in [2.75, 3.05) is 26.3 Å². The van der Waals surface area contributed by atoms with Gasteiger partial charge in [0.2, 0.25) is 0 Å². The van der Waals surface area contributed by atoms with E-state index < -0.39 is 0 Å². The fraction of sp³-hybridized carbons (Fsp3) is 0.650. The molecule has 1 saturated heterocycles. The minimum absolute atomic E-state index is 0. The average molecular weight is 472 g/mol. The van der Waals surface area contributed by atoms with Crippen molar-refractivity contribution in [1.29, 1.82) is 0 Å². The van der Waals surface area contributed by atoms with Gasteiger partial charge in [0.15, 0.2) is 5.96 Å². The smallest absolute Gasteiger partial charge is 0.189 e. The van der Waals surface area contributed by atoms with Crippen LogP contribution in [0.2, 0.25) is 0 Å². The second kappa shape index (κ2) is 11.8. The van der Waals surface area contributed by atoms with E-state index >= 15 is 0 Å². The largest absolute Gasteiger partial charge is 0.379 e. The van der Waals surface area contributed by atoms with Crippen molar-refractivity contribution in [1.82, 2.24) is 10.2 Å². The van der Waals surface area contributed by atoms with Crippen molar-refractivity contribution in [2.45, 2.75) is 57.7 Å². The number of aliphatic imine (C=N–C) groups is 1. The Labute approximate surface area is 174 Å². The van der Waals surface area contributed by atoms with Crippen LogP contribution in [-0.2, 0) is 17.8 Å². The van der Waals surface area contributed by atoms with Crippen LogP contribution in [0.25, 0.3) is 0 Å². The number of nitrogens with two attached hydrogens (primary N) is 1. The number of hydrogen-bond donors (Lipinski definition) is 2. The second-order valence-corrected chi connectivity index (χ2v) is 7.24. The Kier molecular flexibility index (Phi) is 9.71. The first-order valence-corrected chi connectivity index (χ1v) is 9.74. The molecule has 1 aromatic rings. The summed E-state index contributed by atoms with van der Waals surface area (Å²) in [6.45, 7) is 5.38. The lowest BCUT2D eigenvalue weighted by Crippen LogP contribution is -2.39. The van der Waals surface area contributed by atoms with E-state index in [2.05, 4.69) is 39.5 Å². The van der Waals surface area contributed by atoms with E-state index in [9.17, 15) is 0 Å². The topological polar surface area (TPSA) is 62.9 Å². The van der Waals surface area contributed by atoms with Crippen LogP contribution in [0.3, 0.4) is 0 Å². The highest BCUT2D eigenvalue weighted by molar-refractivity contribution is 14.0. The molecular weight excluding hydrogens is 439 g/mol. The molecule has 146 valence electrons. The number of benzene rings is 1. The molecule has 0 radical (unpaired) electrons. The Morgan fingerprint density at radius 3 is 2.31 bits per heavy atom. The second-order valence-electron chi connectivity index (χ2n) is 7.24. The SMILES string of the molecule is I.NC(=NCc1ccc(CN2CCOCC2)cc1)NC1CCCCCC1. The molecule has 2 aliphatic rings. The zero-order valence-electron chi connectivity index (χ0n) is 15.7. The summed E-state index contributed by atoms with van der Waals surface area (Å²) in [4.78, 5) is 6.96. The molecule has 1 heterocycles. The van der Waals surface area contributed by atoms with Crippen molar-refractivity contribution in [2.24, 2.45) is 10.7 Å². The summed E-state index contributed by atoms with van der Waals surface area (Å²) in [7, 11) is 0. The summed E-state index contributed by atoms with van der Waals surface area (Å²) < 4.78 is 5.40. The van der Waals surface area contributed by atoms with Gasteiger partial charge in [0, 0.05) is 25.7 Å². The molecule has 0 bridgehead atoms. The predicted molar refractivity (Wildman–Crippen MR) is 118 cm³/mol. The molecule has 5 nitrogen and oxygen atoms in total. The molecule has 1 aliphatic carbocycles. The van der Waals surface area contributed by atoms with Gasteiger partial charge in [-0.05, 0) is 24.0 Å². The van der Waals surface area contributed by atoms with E-state index in [4.69, 9.17) is 10.5 Å². The predicted octanol–water partition coefficient (Wildman–Crippen LogP) is 3.26. The Bertz CT molecular complexity index is 535. The summed E-state index contributed by atoms with van der Waals surface area (Å²) in [5, 5.41) is 3.40. The number of ether oxygens (including phenoxy) is 1. The van der Waals surface area contributed by atoms with E-state index in [1.807, 2.05) is 0 Å². The number of nitrogens with zero attached hydrogens (tertiary/aromatic N) is 2. The molecule has 6 heteroatoms. The van der Waals surface area contributed by atoms with E-state index in [1.165, 1.54) is 49.7 Å². The third kappa shape index (κ3) is 7.40. The molecule has 1 aliphatic heterocycles. The highest BCUT2D eigenvalue weighted by atomic mass is 127. The molecule has 1 saturated carbocycles. The van der Waals surface area contributed by atoms with Crippen molar-refractivity contribution >= 4 is 29.9 Å². The molecule has 2 fully saturated rings. The Morgan fingerprint density at radius 1 is 1.04 bits per heavy atom. The Hall–Kier alpha value is -0.860. The Morgan fingerprint density at radius 2 is 1.65 bits per heavy atom. The van der Waals surface area contributed by atoms with Crippen molar-refractivity contribution in [3.63, 3.8) is 0 Å². The summed E-state index contributed by atoms with van der Waals surface area (Å²) >= 11 is 0. The van der Waals surface area contributed by atoms with E-state index in [-0.39, 0.29) is 24.0 Å². The quantitative estimate of drug-likeness (QED) is 0.299.